The van der Waals surface area contributed by atoms with Crippen molar-refractivity contribution in [1.29, 1.82) is 0 Å². The number of hydrogen-bond acceptors (Lipinski definition) is 5. The van der Waals surface area contributed by atoms with E-state index in [9.17, 15) is 9.59 Å². The highest BCUT2D eigenvalue weighted by Gasteiger charge is 2.26. The molecule has 0 aliphatic carbocycles. The van der Waals surface area contributed by atoms with E-state index in [-0.39, 0.29) is 42.6 Å². The van der Waals surface area contributed by atoms with Crippen molar-refractivity contribution in [3.05, 3.63) is 81.7 Å². The van der Waals surface area contributed by atoms with E-state index in [2.05, 4.69) is 0 Å². The van der Waals surface area contributed by atoms with Gasteiger partial charge >= 0.3 is 0 Å². The Morgan fingerprint density at radius 1 is 0.971 bits per heavy atom. The fourth-order valence-electron chi connectivity index (χ4n) is 3.84. The number of carbonyl (C=O) groups excluding carboxylic acids is 2. The molecule has 0 saturated carbocycles. The van der Waals surface area contributed by atoms with E-state index >= 15 is 0 Å². The van der Waals surface area contributed by atoms with Crippen molar-refractivity contribution < 1.29 is 23.5 Å². The maximum atomic E-state index is 13.6. The standard InChI is InChI=1S/C26H26Cl2N2O5/c1-17(2)12-30(26(32)21-7-6-19(27)11-22(21)28)15-25(31)29(14-20-4-3-9-33-20)13-18-5-8-23-24(10-18)35-16-34-23/h3-11,17H,12-16H2,1-2H3. The molecule has 2 heterocycles. The molecule has 184 valence electrons. The Morgan fingerprint density at radius 3 is 2.49 bits per heavy atom. The molecule has 0 unspecified atom stereocenters. The Balaban J connectivity index is 1.56. The molecule has 2 amide bonds. The number of hydrogen-bond donors (Lipinski definition) is 0. The molecule has 7 nitrogen and oxygen atoms in total. The third-order valence-electron chi connectivity index (χ3n) is 5.45. The van der Waals surface area contributed by atoms with Crippen molar-refractivity contribution in [2.45, 2.75) is 26.9 Å². The van der Waals surface area contributed by atoms with Gasteiger partial charge in [0, 0.05) is 18.1 Å². The van der Waals surface area contributed by atoms with Crippen molar-refractivity contribution in [3.63, 3.8) is 0 Å². The van der Waals surface area contributed by atoms with Gasteiger partial charge in [0.25, 0.3) is 5.91 Å². The average Bonchev–Trinajstić information content (AvgIpc) is 3.49. The number of rotatable bonds is 9. The van der Waals surface area contributed by atoms with E-state index in [0.29, 0.717) is 40.9 Å². The third kappa shape index (κ3) is 6.29. The molecule has 3 aromatic rings. The predicted octanol–water partition coefficient (Wildman–Crippen LogP) is 5.64. The zero-order valence-corrected chi connectivity index (χ0v) is 21.0. The summed E-state index contributed by atoms with van der Waals surface area (Å²) in [5.74, 6) is 1.55. The summed E-state index contributed by atoms with van der Waals surface area (Å²) in [6, 6.07) is 13.9. The van der Waals surface area contributed by atoms with Crippen LogP contribution >= 0.6 is 23.2 Å². The zero-order chi connectivity index (χ0) is 24.9. The summed E-state index contributed by atoms with van der Waals surface area (Å²) in [5, 5.41) is 0.683. The van der Waals surface area contributed by atoms with Gasteiger partial charge in [0.15, 0.2) is 11.5 Å². The Hall–Kier alpha value is -3.16. The van der Waals surface area contributed by atoms with Crippen LogP contribution in [0.3, 0.4) is 0 Å². The van der Waals surface area contributed by atoms with Crippen LogP contribution in [0.1, 0.15) is 35.5 Å². The Labute approximate surface area is 214 Å². The fourth-order valence-corrected chi connectivity index (χ4v) is 4.33. The van der Waals surface area contributed by atoms with Gasteiger partial charge in [0.1, 0.15) is 12.3 Å². The lowest BCUT2D eigenvalue weighted by atomic mass is 10.1. The number of nitrogens with zero attached hydrogens (tertiary/aromatic N) is 2. The van der Waals surface area contributed by atoms with E-state index < -0.39 is 0 Å². The highest BCUT2D eigenvalue weighted by Crippen LogP contribution is 2.33. The predicted molar refractivity (Wildman–Crippen MR) is 133 cm³/mol. The van der Waals surface area contributed by atoms with E-state index in [0.717, 1.165) is 5.56 Å². The van der Waals surface area contributed by atoms with E-state index in [1.54, 1.807) is 29.4 Å². The van der Waals surface area contributed by atoms with Gasteiger partial charge in [-0.25, -0.2) is 0 Å². The minimum Gasteiger partial charge on any atom is -0.467 e. The second-order valence-electron chi connectivity index (χ2n) is 8.72. The van der Waals surface area contributed by atoms with Gasteiger partial charge in [-0.3, -0.25) is 9.59 Å². The zero-order valence-electron chi connectivity index (χ0n) is 19.5. The molecule has 0 atom stereocenters. The van der Waals surface area contributed by atoms with Crippen molar-refractivity contribution >= 4 is 35.0 Å². The summed E-state index contributed by atoms with van der Waals surface area (Å²) in [6.45, 7) is 4.99. The molecular weight excluding hydrogens is 491 g/mol. The lowest BCUT2D eigenvalue weighted by Gasteiger charge is -2.29. The molecule has 0 radical (unpaired) electrons. The number of amides is 2. The monoisotopic (exact) mass is 516 g/mol. The maximum Gasteiger partial charge on any atom is 0.255 e. The lowest BCUT2D eigenvalue weighted by Crippen LogP contribution is -2.44. The number of halogens is 2. The number of furan rings is 1. The van der Waals surface area contributed by atoms with Crippen LogP contribution in [0.25, 0.3) is 0 Å². The van der Waals surface area contributed by atoms with E-state index in [1.165, 1.54) is 11.0 Å². The summed E-state index contributed by atoms with van der Waals surface area (Å²) in [6.07, 6.45) is 1.57. The summed E-state index contributed by atoms with van der Waals surface area (Å²) in [7, 11) is 0. The van der Waals surface area contributed by atoms with Crippen LogP contribution in [0.4, 0.5) is 0 Å². The maximum absolute atomic E-state index is 13.6. The number of fused-ring (bicyclic) bond motifs is 1. The number of benzene rings is 2. The average molecular weight is 517 g/mol. The molecule has 2 aromatic carbocycles. The van der Waals surface area contributed by atoms with Crippen molar-refractivity contribution in [1.82, 2.24) is 9.80 Å². The molecule has 0 fully saturated rings. The smallest absolute Gasteiger partial charge is 0.255 e. The minimum absolute atomic E-state index is 0.110. The minimum atomic E-state index is -0.324. The highest BCUT2D eigenvalue weighted by atomic mass is 35.5. The van der Waals surface area contributed by atoms with Crippen molar-refractivity contribution in [3.8, 4) is 11.5 Å². The molecule has 0 saturated heterocycles. The molecule has 35 heavy (non-hydrogen) atoms. The summed E-state index contributed by atoms with van der Waals surface area (Å²) >= 11 is 12.3. The van der Waals surface area contributed by atoms with E-state index in [1.807, 2.05) is 38.1 Å². The third-order valence-corrected chi connectivity index (χ3v) is 6.00. The Kier molecular flexibility index (Phi) is 7.88. The van der Waals surface area contributed by atoms with Gasteiger partial charge in [-0.2, -0.15) is 0 Å². The van der Waals surface area contributed by atoms with Crippen LogP contribution in [0.5, 0.6) is 11.5 Å². The Bertz CT molecular complexity index is 1200. The van der Waals surface area contributed by atoms with Crippen molar-refractivity contribution in [2.24, 2.45) is 5.92 Å². The van der Waals surface area contributed by atoms with Crippen LogP contribution in [-0.2, 0) is 17.9 Å². The first-order valence-corrected chi connectivity index (χ1v) is 12.0. The van der Waals surface area contributed by atoms with Gasteiger partial charge in [-0.1, -0.05) is 43.1 Å². The SMILES string of the molecule is CC(C)CN(CC(=O)N(Cc1ccc2c(c1)OCO2)Cc1ccco1)C(=O)c1ccc(Cl)cc1Cl. The molecule has 0 N–H and O–H groups in total. The lowest BCUT2D eigenvalue weighted by molar-refractivity contribution is -0.133. The van der Waals surface area contributed by atoms with Crippen LogP contribution in [0, 0.1) is 5.92 Å². The molecule has 9 heteroatoms. The highest BCUT2D eigenvalue weighted by molar-refractivity contribution is 6.36. The first-order valence-electron chi connectivity index (χ1n) is 11.2. The van der Waals surface area contributed by atoms with Gasteiger partial charge < -0.3 is 23.7 Å². The van der Waals surface area contributed by atoms with Crippen molar-refractivity contribution in [2.75, 3.05) is 19.9 Å². The number of ether oxygens (including phenoxy) is 2. The van der Waals surface area contributed by atoms with Crippen LogP contribution in [0.15, 0.2) is 59.2 Å². The topological polar surface area (TPSA) is 72.2 Å². The summed E-state index contributed by atoms with van der Waals surface area (Å²) in [5.41, 5.74) is 1.18. The van der Waals surface area contributed by atoms with Gasteiger partial charge in [-0.05, 0) is 53.9 Å². The molecule has 0 bridgehead atoms. The van der Waals surface area contributed by atoms with Gasteiger partial charge in [0.05, 0.1) is 23.4 Å². The molecule has 4 rings (SSSR count). The first-order chi connectivity index (χ1) is 16.8. The molecule has 1 aromatic heterocycles. The quantitative estimate of drug-likeness (QED) is 0.367. The molecule has 1 aliphatic heterocycles. The van der Waals surface area contributed by atoms with Crippen LogP contribution < -0.4 is 9.47 Å². The second kappa shape index (κ2) is 11.1. The fraction of sp³-hybridized carbons (Fsp3) is 0.308. The number of carbonyl (C=O) groups is 2. The molecular formula is C26H26Cl2N2O5. The normalized spacial score (nSPS) is 12.1. The van der Waals surface area contributed by atoms with Crippen LogP contribution in [-0.4, -0.2) is 41.5 Å². The molecule has 1 aliphatic rings. The molecule has 0 spiro atoms. The summed E-state index contributed by atoms with van der Waals surface area (Å²) in [4.78, 5) is 30.1. The summed E-state index contributed by atoms with van der Waals surface area (Å²) < 4.78 is 16.4. The van der Waals surface area contributed by atoms with Gasteiger partial charge in [-0.15, -0.1) is 0 Å². The Morgan fingerprint density at radius 2 is 1.77 bits per heavy atom. The van der Waals surface area contributed by atoms with E-state index in [4.69, 9.17) is 37.1 Å². The largest absolute Gasteiger partial charge is 0.467 e. The second-order valence-corrected chi connectivity index (χ2v) is 9.56. The van der Waals surface area contributed by atoms with Gasteiger partial charge in [0.2, 0.25) is 12.7 Å². The first kappa shape index (κ1) is 24.9. The van der Waals surface area contributed by atoms with Crippen LogP contribution in [0.2, 0.25) is 10.0 Å².